The van der Waals surface area contributed by atoms with Gasteiger partial charge in [0, 0.05) is 18.7 Å². The molecule has 0 bridgehead atoms. The third kappa shape index (κ3) is 5.36. The van der Waals surface area contributed by atoms with Crippen molar-refractivity contribution in [3.05, 3.63) is 35.4 Å². The maximum atomic E-state index is 12.6. The summed E-state index contributed by atoms with van der Waals surface area (Å²) >= 11 is 0. The predicted molar refractivity (Wildman–Crippen MR) is 86.2 cm³/mol. The van der Waals surface area contributed by atoms with E-state index in [0.29, 0.717) is 0 Å². The van der Waals surface area contributed by atoms with Crippen LogP contribution in [0.15, 0.2) is 24.3 Å². The third-order valence-electron chi connectivity index (χ3n) is 3.71. The number of benzene rings is 1. The first kappa shape index (κ1) is 16.7. The molecule has 0 aliphatic heterocycles. The van der Waals surface area contributed by atoms with Gasteiger partial charge < -0.3 is 4.90 Å². The van der Waals surface area contributed by atoms with Crippen LogP contribution in [0.1, 0.15) is 68.8 Å². The second-order valence-corrected chi connectivity index (χ2v) is 5.40. The van der Waals surface area contributed by atoms with Gasteiger partial charge in [0.15, 0.2) is 0 Å². The summed E-state index contributed by atoms with van der Waals surface area (Å²) in [7, 11) is 0. The molecule has 1 amide bonds. The lowest BCUT2D eigenvalue weighted by molar-refractivity contribution is 0.0750. The van der Waals surface area contributed by atoms with E-state index in [9.17, 15) is 4.79 Å². The van der Waals surface area contributed by atoms with E-state index in [0.717, 1.165) is 44.3 Å². The molecule has 1 aromatic rings. The maximum absolute atomic E-state index is 12.6. The van der Waals surface area contributed by atoms with Gasteiger partial charge in [-0.2, -0.15) is 0 Å². The quantitative estimate of drug-likeness (QED) is 0.599. The molecule has 0 aromatic heterocycles. The molecule has 0 saturated carbocycles. The summed E-state index contributed by atoms with van der Waals surface area (Å²) in [6.45, 7) is 8.28. The van der Waals surface area contributed by atoms with Gasteiger partial charge in [-0.15, -0.1) is 0 Å². The van der Waals surface area contributed by atoms with Crippen LogP contribution >= 0.6 is 0 Å². The van der Waals surface area contributed by atoms with Crippen molar-refractivity contribution in [2.45, 2.75) is 59.3 Å². The topological polar surface area (TPSA) is 20.3 Å². The molecule has 112 valence electrons. The lowest BCUT2D eigenvalue weighted by Gasteiger charge is -2.22. The van der Waals surface area contributed by atoms with Crippen molar-refractivity contribution < 1.29 is 4.79 Å². The Balaban J connectivity index is 2.68. The van der Waals surface area contributed by atoms with Gasteiger partial charge in [-0.05, 0) is 37.0 Å². The van der Waals surface area contributed by atoms with Crippen molar-refractivity contribution in [2.75, 3.05) is 13.1 Å². The molecule has 1 aromatic carbocycles. The summed E-state index contributed by atoms with van der Waals surface area (Å²) in [5.74, 6) is 0.192. The van der Waals surface area contributed by atoms with Crippen LogP contribution in [-0.2, 0) is 6.42 Å². The van der Waals surface area contributed by atoms with Crippen LogP contribution in [-0.4, -0.2) is 23.9 Å². The average molecular weight is 275 g/mol. The minimum absolute atomic E-state index is 0.192. The molecule has 0 spiro atoms. The fourth-order valence-electron chi connectivity index (χ4n) is 2.28. The summed E-state index contributed by atoms with van der Waals surface area (Å²) in [6, 6.07) is 8.08. The van der Waals surface area contributed by atoms with Crippen LogP contribution in [0.5, 0.6) is 0 Å². The number of unbranched alkanes of at least 4 members (excludes halogenated alkanes) is 3. The summed E-state index contributed by atoms with van der Waals surface area (Å²) < 4.78 is 0. The summed E-state index contributed by atoms with van der Waals surface area (Å²) in [4.78, 5) is 14.6. The summed E-state index contributed by atoms with van der Waals surface area (Å²) in [6.07, 6.45) is 6.74. The lowest BCUT2D eigenvalue weighted by Crippen LogP contribution is -2.33. The number of hydrogen-bond acceptors (Lipinski definition) is 1. The van der Waals surface area contributed by atoms with Crippen molar-refractivity contribution in [2.24, 2.45) is 0 Å². The van der Waals surface area contributed by atoms with Crippen LogP contribution in [0.4, 0.5) is 0 Å². The zero-order valence-electron chi connectivity index (χ0n) is 13.3. The maximum Gasteiger partial charge on any atom is 0.253 e. The average Bonchev–Trinajstić information content (AvgIpc) is 2.50. The fourth-order valence-corrected chi connectivity index (χ4v) is 2.28. The second-order valence-electron chi connectivity index (χ2n) is 5.40. The van der Waals surface area contributed by atoms with Crippen molar-refractivity contribution in [3.63, 3.8) is 0 Å². The highest BCUT2D eigenvalue weighted by atomic mass is 16.2. The minimum Gasteiger partial charge on any atom is -0.339 e. The Morgan fingerprint density at radius 3 is 2.05 bits per heavy atom. The van der Waals surface area contributed by atoms with E-state index in [1.54, 1.807) is 0 Å². The molecular weight excluding hydrogens is 246 g/mol. The van der Waals surface area contributed by atoms with E-state index in [1.807, 2.05) is 17.0 Å². The minimum atomic E-state index is 0.192. The van der Waals surface area contributed by atoms with Crippen LogP contribution in [0, 0.1) is 0 Å². The first-order valence-corrected chi connectivity index (χ1v) is 8.11. The van der Waals surface area contributed by atoms with E-state index < -0.39 is 0 Å². The third-order valence-corrected chi connectivity index (χ3v) is 3.71. The number of carbonyl (C=O) groups excluding carboxylic acids is 1. The van der Waals surface area contributed by atoms with E-state index in [4.69, 9.17) is 0 Å². The largest absolute Gasteiger partial charge is 0.339 e. The molecule has 2 nitrogen and oxygen atoms in total. The molecule has 1 rings (SSSR count). The normalized spacial score (nSPS) is 10.6. The molecule has 0 unspecified atom stereocenters. The molecular formula is C18H29NO. The van der Waals surface area contributed by atoms with Gasteiger partial charge in [-0.3, -0.25) is 4.79 Å². The molecule has 20 heavy (non-hydrogen) atoms. The van der Waals surface area contributed by atoms with Crippen molar-refractivity contribution >= 4 is 5.91 Å². The Morgan fingerprint density at radius 1 is 0.900 bits per heavy atom. The monoisotopic (exact) mass is 275 g/mol. The van der Waals surface area contributed by atoms with Gasteiger partial charge in [-0.25, -0.2) is 0 Å². The second kappa shape index (κ2) is 9.57. The molecule has 0 saturated heterocycles. The van der Waals surface area contributed by atoms with E-state index in [2.05, 4.69) is 32.9 Å². The lowest BCUT2D eigenvalue weighted by atomic mass is 10.1. The molecule has 0 N–H and O–H groups in total. The van der Waals surface area contributed by atoms with Gasteiger partial charge >= 0.3 is 0 Å². The van der Waals surface area contributed by atoms with Crippen molar-refractivity contribution in [3.8, 4) is 0 Å². The number of rotatable bonds is 9. The Kier molecular flexibility index (Phi) is 8.01. The van der Waals surface area contributed by atoms with Crippen molar-refractivity contribution in [1.29, 1.82) is 0 Å². The Hall–Kier alpha value is -1.31. The Labute approximate surface area is 124 Å². The number of carbonyl (C=O) groups is 1. The molecule has 0 heterocycles. The number of aryl methyl sites for hydroxylation is 1. The summed E-state index contributed by atoms with van der Waals surface area (Å²) in [5, 5.41) is 0. The van der Waals surface area contributed by atoms with Gasteiger partial charge in [0.2, 0.25) is 0 Å². The standard InChI is InChI=1S/C18H29NO/c1-4-7-9-15-19(14-8-5-2)18(20)17-12-10-16(6-3)11-13-17/h10-13H,4-9,14-15H2,1-3H3. The van der Waals surface area contributed by atoms with Crippen LogP contribution in [0.25, 0.3) is 0 Å². The molecule has 0 aliphatic carbocycles. The zero-order chi connectivity index (χ0) is 14.8. The SMILES string of the molecule is CCCCCN(CCCC)C(=O)c1ccc(CC)cc1. The summed E-state index contributed by atoms with van der Waals surface area (Å²) in [5.41, 5.74) is 2.11. The van der Waals surface area contributed by atoms with E-state index in [-0.39, 0.29) is 5.91 Å². The predicted octanol–water partition coefficient (Wildman–Crippen LogP) is 4.68. The first-order valence-electron chi connectivity index (χ1n) is 8.11. The number of hydrogen-bond donors (Lipinski definition) is 0. The van der Waals surface area contributed by atoms with E-state index in [1.165, 1.54) is 18.4 Å². The van der Waals surface area contributed by atoms with Gasteiger partial charge in [0.25, 0.3) is 5.91 Å². The Morgan fingerprint density at radius 2 is 1.50 bits per heavy atom. The first-order chi connectivity index (χ1) is 9.72. The molecule has 0 radical (unpaired) electrons. The molecule has 0 atom stereocenters. The molecule has 0 aliphatic rings. The Bertz CT molecular complexity index is 383. The number of amides is 1. The highest BCUT2D eigenvalue weighted by molar-refractivity contribution is 5.94. The van der Waals surface area contributed by atoms with Crippen molar-refractivity contribution in [1.82, 2.24) is 4.90 Å². The highest BCUT2D eigenvalue weighted by Crippen LogP contribution is 2.10. The molecule has 2 heteroatoms. The van der Waals surface area contributed by atoms with Gasteiger partial charge in [0.1, 0.15) is 0 Å². The smallest absolute Gasteiger partial charge is 0.253 e. The zero-order valence-corrected chi connectivity index (χ0v) is 13.3. The van der Waals surface area contributed by atoms with Gasteiger partial charge in [0.05, 0.1) is 0 Å². The highest BCUT2D eigenvalue weighted by Gasteiger charge is 2.14. The fraction of sp³-hybridized carbons (Fsp3) is 0.611. The van der Waals surface area contributed by atoms with Gasteiger partial charge in [-0.1, -0.05) is 52.2 Å². The van der Waals surface area contributed by atoms with Crippen LogP contribution in [0.3, 0.4) is 0 Å². The van der Waals surface area contributed by atoms with Crippen LogP contribution < -0.4 is 0 Å². The molecule has 0 fully saturated rings. The van der Waals surface area contributed by atoms with Crippen LogP contribution in [0.2, 0.25) is 0 Å². The van der Waals surface area contributed by atoms with E-state index >= 15 is 0 Å². The number of nitrogens with zero attached hydrogens (tertiary/aromatic N) is 1.